The summed E-state index contributed by atoms with van der Waals surface area (Å²) in [6.45, 7) is 4.94. The molecule has 0 bridgehead atoms. The lowest BCUT2D eigenvalue weighted by molar-refractivity contribution is -0.161. The van der Waals surface area contributed by atoms with E-state index >= 15 is 0 Å². The Morgan fingerprint density at radius 2 is 2.00 bits per heavy atom. The zero-order valence-corrected chi connectivity index (χ0v) is 13.9. The van der Waals surface area contributed by atoms with E-state index in [1.165, 1.54) is 13.2 Å². The van der Waals surface area contributed by atoms with E-state index in [4.69, 9.17) is 13.9 Å². The molecule has 7 nitrogen and oxygen atoms in total. The Hall–Kier alpha value is -2.28. The molecule has 0 aromatic carbocycles. The van der Waals surface area contributed by atoms with E-state index in [9.17, 15) is 19.8 Å². The highest BCUT2D eigenvalue weighted by atomic mass is 16.5. The fraction of sp³-hybridized carbons (Fsp3) is 0.529. The molecule has 0 fully saturated rings. The lowest BCUT2D eigenvalue weighted by Gasteiger charge is -2.40. The van der Waals surface area contributed by atoms with Gasteiger partial charge in [0.1, 0.15) is 17.4 Å². The number of furan rings is 1. The summed E-state index contributed by atoms with van der Waals surface area (Å²) in [5, 5.41) is 21.0. The number of hydrogen-bond donors (Lipinski definition) is 2. The molecule has 0 spiro atoms. The number of aliphatic hydroxyl groups excluding tert-OH is 1. The SMILES string of the molecule is CCOC(=O)C1=C(O)C[C@@](C)(O)[C@@H](C(=O)OCC)[C@@H]1c1ccco1. The van der Waals surface area contributed by atoms with Crippen molar-refractivity contribution in [3.8, 4) is 0 Å². The van der Waals surface area contributed by atoms with Crippen LogP contribution in [0.2, 0.25) is 0 Å². The third kappa shape index (κ3) is 3.31. The fourth-order valence-electron chi connectivity index (χ4n) is 3.10. The molecular weight excluding hydrogens is 316 g/mol. The van der Waals surface area contributed by atoms with Crippen molar-refractivity contribution >= 4 is 11.9 Å². The Kier molecular flexibility index (Phi) is 5.33. The van der Waals surface area contributed by atoms with Crippen molar-refractivity contribution in [1.82, 2.24) is 0 Å². The van der Waals surface area contributed by atoms with Crippen LogP contribution in [-0.4, -0.2) is 41.0 Å². The van der Waals surface area contributed by atoms with Crippen molar-refractivity contribution in [2.45, 2.75) is 38.7 Å². The van der Waals surface area contributed by atoms with Crippen molar-refractivity contribution in [3.63, 3.8) is 0 Å². The molecule has 3 atom stereocenters. The molecule has 132 valence electrons. The van der Waals surface area contributed by atoms with E-state index in [0.717, 1.165) is 0 Å². The molecule has 1 aromatic heterocycles. The van der Waals surface area contributed by atoms with Gasteiger partial charge in [-0.25, -0.2) is 4.79 Å². The smallest absolute Gasteiger partial charge is 0.338 e. The van der Waals surface area contributed by atoms with E-state index < -0.39 is 29.4 Å². The van der Waals surface area contributed by atoms with Crippen LogP contribution in [0.25, 0.3) is 0 Å². The monoisotopic (exact) mass is 338 g/mol. The van der Waals surface area contributed by atoms with Crippen molar-refractivity contribution in [1.29, 1.82) is 0 Å². The summed E-state index contributed by atoms with van der Waals surface area (Å²) in [5.41, 5.74) is -1.69. The number of aliphatic hydroxyl groups is 2. The minimum atomic E-state index is -1.61. The maximum absolute atomic E-state index is 12.5. The molecule has 1 aliphatic rings. The number of esters is 2. The van der Waals surface area contributed by atoms with E-state index in [-0.39, 0.29) is 36.7 Å². The summed E-state index contributed by atoms with van der Waals surface area (Å²) in [5.74, 6) is -3.58. The Morgan fingerprint density at radius 3 is 2.54 bits per heavy atom. The van der Waals surface area contributed by atoms with Crippen LogP contribution < -0.4 is 0 Å². The van der Waals surface area contributed by atoms with Gasteiger partial charge in [0.25, 0.3) is 0 Å². The van der Waals surface area contributed by atoms with E-state index in [2.05, 4.69) is 0 Å². The lowest BCUT2D eigenvalue weighted by atomic mass is 9.68. The molecule has 0 saturated carbocycles. The normalized spacial score (nSPS) is 27.0. The Balaban J connectivity index is 2.59. The van der Waals surface area contributed by atoms with Crippen molar-refractivity contribution in [2.75, 3.05) is 13.2 Å². The van der Waals surface area contributed by atoms with Gasteiger partial charge in [-0.15, -0.1) is 0 Å². The van der Waals surface area contributed by atoms with Gasteiger partial charge < -0.3 is 24.1 Å². The molecule has 0 amide bonds. The highest BCUT2D eigenvalue weighted by Crippen LogP contribution is 2.47. The largest absolute Gasteiger partial charge is 0.512 e. The fourth-order valence-corrected chi connectivity index (χ4v) is 3.10. The lowest BCUT2D eigenvalue weighted by Crippen LogP contribution is -2.49. The Labute approximate surface area is 139 Å². The Morgan fingerprint density at radius 1 is 1.33 bits per heavy atom. The molecule has 2 N–H and O–H groups in total. The highest BCUT2D eigenvalue weighted by molar-refractivity contribution is 5.93. The highest BCUT2D eigenvalue weighted by Gasteiger charge is 2.53. The topological polar surface area (TPSA) is 106 Å². The van der Waals surface area contributed by atoms with Crippen LogP contribution in [0.4, 0.5) is 0 Å². The van der Waals surface area contributed by atoms with Crippen LogP contribution in [0.1, 0.15) is 38.9 Å². The zero-order valence-electron chi connectivity index (χ0n) is 13.9. The summed E-state index contributed by atoms with van der Waals surface area (Å²) < 4.78 is 15.4. The second-order valence-electron chi connectivity index (χ2n) is 5.84. The van der Waals surface area contributed by atoms with Crippen LogP contribution in [0.3, 0.4) is 0 Å². The second-order valence-corrected chi connectivity index (χ2v) is 5.84. The first-order chi connectivity index (χ1) is 11.3. The van der Waals surface area contributed by atoms with Crippen LogP contribution in [-0.2, 0) is 19.1 Å². The van der Waals surface area contributed by atoms with Crippen molar-refractivity contribution in [2.24, 2.45) is 5.92 Å². The summed E-state index contributed by atoms with van der Waals surface area (Å²) >= 11 is 0. The summed E-state index contributed by atoms with van der Waals surface area (Å²) in [4.78, 5) is 24.8. The molecule has 24 heavy (non-hydrogen) atoms. The molecule has 2 rings (SSSR count). The number of carbonyl (C=O) groups excluding carboxylic acids is 2. The first-order valence-electron chi connectivity index (χ1n) is 7.85. The van der Waals surface area contributed by atoms with E-state index in [1.54, 1.807) is 26.0 Å². The molecule has 0 unspecified atom stereocenters. The van der Waals surface area contributed by atoms with Gasteiger partial charge in [-0.3, -0.25) is 4.79 Å². The predicted molar refractivity (Wildman–Crippen MR) is 83.1 cm³/mol. The van der Waals surface area contributed by atoms with Gasteiger partial charge in [-0.1, -0.05) is 0 Å². The van der Waals surface area contributed by atoms with Crippen LogP contribution in [0.5, 0.6) is 0 Å². The average Bonchev–Trinajstić information content (AvgIpc) is 2.99. The van der Waals surface area contributed by atoms with Gasteiger partial charge in [-0.2, -0.15) is 0 Å². The van der Waals surface area contributed by atoms with Gasteiger partial charge in [-0.05, 0) is 32.9 Å². The average molecular weight is 338 g/mol. The first-order valence-corrected chi connectivity index (χ1v) is 7.85. The predicted octanol–water partition coefficient (Wildman–Crippen LogP) is 2.07. The summed E-state index contributed by atoms with van der Waals surface area (Å²) in [7, 11) is 0. The van der Waals surface area contributed by atoms with E-state index in [0.29, 0.717) is 0 Å². The van der Waals surface area contributed by atoms with E-state index in [1.807, 2.05) is 0 Å². The number of hydrogen-bond acceptors (Lipinski definition) is 7. The number of rotatable bonds is 5. The molecule has 1 aliphatic carbocycles. The quantitative estimate of drug-likeness (QED) is 0.792. The third-order valence-corrected chi connectivity index (χ3v) is 4.04. The molecule has 0 saturated heterocycles. The molecule has 7 heteroatoms. The van der Waals surface area contributed by atoms with Crippen molar-refractivity contribution < 1.29 is 33.7 Å². The maximum Gasteiger partial charge on any atom is 0.338 e. The second kappa shape index (κ2) is 7.09. The summed E-state index contributed by atoms with van der Waals surface area (Å²) in [6, 6.07) is 3.17. The van der Waals surface area contributed by atoms with Gasteiger partial charge >= 0.3 is 11.9 Å². The summed E-state index contributed by atoms with van der Waals surface area (Å²) in [6.07, 6.45) is 1.13. The first kappa shape index (κ1) is 18.1. The molecule has 0 aliphatic heterocycles. The van der Waals surface area contributed by atoms with Gasteiger partial charge in [0.2, 0.25) is 0 Å². The molecule has 0 radical (unpaired) electrons. The van der Waals surface area contributed by atoms with Gasteiger partial charge in [0.05, 0.1) is 36.6 Å². The minimum absolute atomic E-state index is 0.0867. The molecule has 1 aromatic rings. The minimum Gasteiger partial charge on any atom is -0.512 e. The van der Waals surface area contributed by atoms with Crippen LogP contribution >= 0.6 is 0 Å². The maximum atomic E-state index is 12.5. The number of ether oxygens (including phenoxy) is 2. The van der Waals surface area contributed by atoms with Crippen LogP contribution in [0.15, 0.2) is 34.1 Å². The standard InChI is InChI=1S/C17H22O7/c1-4-22-15(19)12-10(18)9-17(3,21)14(16(20)23-5-2)13(12)11-7-6-8-24-11/h6-8,13-14,18,21H,4-5,9H2,1-3H3/t13-,14-,17-/m1/s1. The molecular formula is C17H22O7. The van der Waals surface area contributed by atoms with Gasteiger partial charge in [0, 0.05) is 6.42 Å². The van der Waals surface area contributed by atoms with Gasteiger partial charge in [0.15, 0.2) is 0 Å². The zero-order chi connectivity index (χ0) is 17.9. The Bertz CT molecular complexity index is 627. The molecule has 1 heterocycles. The van der Waals surface area contributed by atoms with Crippen LogP contribution in [0, 0.1) is 5.92 Å². The number of carbonyl (C=O) groups is 2. The third-order valence-electron chi connectivity index (χ3n) is 4.04. The van der Waals surface area contributed by atoms with Crippen molar-refractivity contribution in [3.05, 3.63) is 35.5 Å².